The van der Waals surface area contributed by atoms with Crippen LogP contribution in [-0.4, -0.2) is 30.8 Å². The first-order chi connectivity index (χ1) is 9.63. The van der Waals surface area contributed by atoms with Gasteiger partial charge in [-0.25, -0.2) is 0 Å². The minimum absolute atomic E-state index is 0.406. The molecule has 1 aliphatic rings. The molecule has 6 heteroatoms. The second-order valence-electron chi connectivity index (χ2n) is 4.35. The van der Waals surface area contributed by atoms with Crippen molar-refractivity contribution in [3.05, 3.63) is 34.8 Å². The summed E-state index contributed by atoms with van der Waals surface area (Å²) in [4.78, 5) is 11.4. The molecule has 1 atom stereocenters. The van der Waals surface area contributed by atoms with Crippen molar-refractivity contribution in [3.8, 4) is 11.5 Å². The van der Waals surface area contributed by atoms with Gasteiger partial charge in [0.15, 0.2) is 11.5 Å². The van der Waals surface area contributed by atoms with Crippen LogP contribution in [0.4, 0.5) is 0 Å². The summed E-state index contributed by atoms with van der Waals surface area (Å²) in [6.07, 6.45) is 2.42. The van der Waals surface area contributed by atoms with Gasteiger partial charge in [-0.3, -0.25) is 10.1 Å². The first kappa shape index (κ1) is 14.9. The molecule has 108 valence electrons. The number of carboxylic acid groups (broad SMARTS) is 1. The van der Waals surface area contributed by atoms with Gasteiger partial charge < -0.3 is 14.6 Å². The quantitative estimate of drug-likeness (QED) is 0.805. The van der Waals surface area contributed by atoms with Gasteiger partial charge in [0, 0.05) is 13.0 Å². The van der Waals surface area contributed by atoms with E-state index in [9.17, 15) is 9.90 Å². The Bertz CT molecular complexity index is 518. The molecule has 0 radical (unpaired) electrons. The molecule has 2 N–H and O–H groups in total. The van der Waals surface area contributed by atoms with Crippen molar-refractivity contribution in [2.24, 2.45) is 0 Å². The second-order valence-corrected chi connectivity index (χ2v) is 5.20. The topological polar surface area (TPSA) is 67.8 Å². The number of rotatable bonds is 5. The molecule has 0 bridgehead atoms. The maximum absolute atomic E-state index is 11.4. The molecular weight excluding hydrogens is 326 g/mol. The summed E-state index contributed by atoms with van der Waals surface area (Å²) in [7, 11) is 0. The van der Waals surface area contributed by atoms with E-state index in [4.69, 9.17) is 9.47 Å². The van der Waals surface area contributed by atoms with Gasteiger partial charge in [-0.1, -0.05) is 6.08 Å². The van der Waals surface area contributed by atoms with Gasteiger partial charge in [0.2, 0.25) is 0 Å². The number of hydrogen-bond acceptors (Lipinski definition) is 4. The molecule has 1 aromatic rings. The second kappa shape index (κ2) is 6.76. The van der Waals surface area contributed by atoms with E-state index in [1.807, 2.05) is 0 Å². The van der Waals surface area contributed by atoms with Crippen molar-refractivity contribution in [1.29, 1.82) is 0 Å². The number of hydrogen-bond donors (Lipinski definition) is 2. The molecule has 0 aliphatic carbocycles. The average molecular weight is 342 g/mol. The number of halogens is 1. The van der Waals surface area contributed by atoms with Gasteiger partial charge in [-0.05, 0) is 33.6 Å². The van der Waals surface area contributed by atoms with Crippen LogP contribution >= 0.6 is 15.9 Å². The Hall–Kier alpha value is -1.53. The van der Waals surface area contributed by atoms with Crippen LogP contribution in [0.15, 0.2) is 29.3 Å². The number of nitrogens with one attached hydrogen (secondary N) is 1. The Morgan fingerprint density at radius 3 is 2.95 bits per heavy atom. The van der Waals surface area contributed by atoms with Crippen molar-refractivity contribution in [2.75, 3.05) is 19.8 Å². The Morgan fingerprint density at radius 1 is 1.50 bits per heavy atom. The lowest BCUT2D eigenvalue weighted by atomic mass is 10.1. The van der Waals surface area contributed by atoms with Crippen LogP contribution in [0, 0.1) is 0 Å². The van der Waals surface area contributed by atoms with Gasteiger partial charge >= 0.3 is 5.97 Å². The zero-order valence-corrected chi connectivity index (χ0v) is 12.5. The lowest BCUT2D eigenvalue weighted by Gasteiger charge is -2.17. The third kappa shape index (κ3) is 3.32. The summed E-state index contributed by atoms with van der Waals surface area (Å²) >= 11 is 3.41. The number of aliphatic carboxylic acids is 1. The smallest absolute Gasteiger partial charge is 0.325 e. The highest BCUT2D eigenvalue weighted by Crippen LogP contribution is 2.39. The predicted molar refractivity (Wildman–Crippen MR) is 78.3 cm³/mol. The summed E-state index contributed by atoms with van der Waals surface area (Å²) in [5.74, 6) is 0.242. The molecule has 1 heterocycles. The summed E-state index contributed by atoms with van der Waals surface area (Å²) < 4.78 is 11.9. The van der Waals surface area contributed by atoms with E-state index >= 15 is 0 Å². The maximum atomic E-state index is 11.4. The SMILES string of the molecule is C=CCNC(C(=O)O)c1cc(Br)c2c(c1)OCCCO2. The summed E-state index contributed by atoms with van der Waals surface area (Å²) in [6, 6.07) is 2.63. The monoisotopic (exact) mass is 341 g/mol. The Labute approximate surface area is 125 Å². The molecule has 1 aromatic carbocycles. The molecule has 1 unspecified atom stereocenters. The minimum atomic E-state index is -0.951. The molecule has 20 heavy (non-hydrogen) atoms. The lowest BCUT2D eigenvalue weighted by Crippen LogP contribution is -2.28. The summed E-state index contributed by atoms with van der Waals surface area (Å²) in [6.45, 7) is 5.12. The third-order valence-electron chi connectivity index (χ3n) is 2.87. The molecule has 5 nitrogen and oxygen atoms in total. The highest BCUT2D eigenvalue weighted by molar-refractivity contribution is 9.10. The zero-order valence-electron chi connectivity index (χ0n) is 10.9. The Balaban J connectivity index is 2.35. The van der Waals surface area contributed by atoms with Crippen LogP contribution in [0.3, 0.4) is 0 Å². The minimum Gasteiger partial charge on any atom is -0.490 e. The molecule has 0 saturated heterocycles. The average Bonchev–Trinajstić information content (AvgIpc) is 2.64. The normalized spacial score (nSPS) is 15.2. The van der Waals surface area contributed by atoms with Gasteiger partial charge in [0.05, 0.1) is 17.7 Å². The maximum Gasteiger partial charge on any atom is 0.325 e. The third-order valence-corrected chi connectivity index (χ3v) is 3.46. The highest BCUT2D eigenvalue weighted by Gasteiger charge is 2.23. The van der Waals surface area contributed by atoms with Crippen molar-refractivity contribution < 1.29 is 19.4 Å². The lowest BCUT2D eigenvalue weighted by molar-refractivity contribution is -0.139. The first-order valence-electron chi connectivity index (χ1n) is 6.29. The number of carbonyl (C=O) groups is 1. The van der Waals surface area contributed by atoms with E-state index in [1.165, 1.54) is 0 Å². The number of carboxylic acids is 1. The first-order valence-corrected chi connectivity index (χ1v) is 7.09. The van der Waals surface area contributed by atoms with E-state index < -0.39 is 12.0 Å². The van der Waals surface area contributed by atoms with Gasteiger partial charge in [-0.15, -0.1) is 6.58 Å². The fraction of sp³-hybridized carbons (Fsp3) is 0.357. The molecule has 1 aliphatic heterocycles. The van der Waals surface area contributed by atoms with Crippen molar-refractivity contribution in [1.82, 2.24) is 5.32 Å². The van der Waals surface area contributed by atoms with Gasteiger partial charge in [-0.2, -0.15) is 0 Å². The zero-order chi connectivity index (χ0) is 14.5. The van der Waals surface area contributed by atoms with Crippen molar-refractivity contribution in [2.45, 2.75) is 12.5 Å². The van der Waals surface area contributed by atoms with Crippen molar-refractivity contribution in [3.63, 3.8) is 0 Å². The van der Waals surface area contributed by atoms with Crippen LogP contribution in [-0.2, 0) is 4.79 Å². The van der Waals surface area contributed by atoms with E-state index in [-0.39, 0.29) is 0 Å². The van der Waals surface area contributed by atoms with Gasteiger partial charge in [0.1, 0.15) is 6.04 Å². The summed E-state index contributed by atoms with van der Waals surface area (Å²) in [5.41, 5.74) is 0.607. The van der Waals surface area contributed by atoms with Gasteiger partial charge in [0.25, 0.3) is 0 Å². The van der Waals surface area contributed by atoms with Crippen LogP contribution in [0.25, 0.3) is 0 Å². The predicted octanol–water partition coefficient (Wildman–Crippen LogP) is 2.51. The van der Waals surface area contributed by atoms with E-state index in [2.05, 4.69) is 27.8 Å². The highest BCUT2D eigenvalue weighted by atomic mass is 79.9. The standard InChI is InChI=1S/C14H16BrNO4/c1-2-4-16-12(14(17)18)9-7-10(15)13-11(8-9)19-5-3-6-20-13/h2,7-8,12,16H,1,3-6H2,(H,17,18). The largest absolute Gasteiger partial charge is 0.490 e. The number of ether oxygens (including phenoxy) is 2. The van der Waals surface area contributed by atoms with E-state index in [0.29, 0.717) is 41.3 Å². The molecule has 0 spiro atoms. The van der Waals surface area contributed by atoms with E-state index in [1.54, 1.807) is 18.2 Å². The van der Waals surface area contributed by atoms with Crippen molar-refractivity contribution >= 4 is 21.9 Å². The van der Waals surface area contributed by atoms with Crippen LogP contribution in [0.1, 0.15) is 18.0 Å². The van der Waals surface area contributed by atoms with Crippen LogP contribution < -0.4 is 14.8 Å². The summed E-state index contributed by atoms with van der Waals surface area (Å²) in [5, 5.41) is 12.2. The molecular formula is C14H16BrNO4. The number of fused-ring (bicyclic) bond motifs is 1. The van der Waals surface area contributed by atoms with E-state index in [0.717, 1.165) is 6.42 Å². The molecule has 0 aromatic heterocycles. The van der Waals surface area contributed by atoms with Crippen LogP contribution in [0.5, 0.6) is 11.5 Å². The van der Waals surface area contributed by atoms with Crippen LogP contribution in [0.2, 0.25) is 0 Å². The molecule has 0 amide bonds. The molecule has 0 saturated carbocycles. The fourth-order valence-corrected chi connectivity index (χ4v) is 2.54. The Morgan fingerprint density at radius 2 is 2.25 bits per heavy atom. The molecule has 0 fully saturated rings. The fourth-order valence-electron chi connectivity index (χ4n) is 1.97. The Kier molecular flexibility index (Phi) is 5.03. The molecule has 2 rings (SSSR count). The number of benzene rings is 1.